The van der Waals surface area contributed by atoms with E-state index in [4.69, 9.17) is 0 Å². The van der Waals surface area contributed by atoms with E-state index >= 15 is 0 Å². The summed E-state index contributed by atoms with van der Waals surface area (Å²) in [5, 5.41) is 2.98. The molecule has 74 valence electrons. The fourth-order valence-electron chi connectivity index (χ4n) is 1.63. The van der Waals surface area contributed by atoms with Crippen molar-refractivity contribution in [3.05, 3.63) is 11.5 Å². The molecule has 0 unspecified atom stereocenters. The first-order valence-electron chi connectivity index (χ1n) is 4.45. The summed E-state index contributed by atoms with van der Waals surface area (Å²) in [6, 6.07) is 0. The van der Waals surface area contributed by atoms with Gasteiger partial charge in [-0.05, 0) is 13.8 Å². The Morgan fingerprint density at radius 3 is 2.79 bits per heavy atom. The maximum Gasteiger partial charge on any atom is 0.246 e. The number of aromatic nitrogens is 2. The van der Waals surface area contributed by atoms with Gasteiger partial charge in [0, 0.05) is 7.05 Å². The molecule has 1 aromatic rings. The Morgan fingerprint density at radius 2 is 2.07 bits per heavy atom. The molecule has 1 aliphatic heterocycles. The lowest BCUT2D eigenvalue weighted by Crippen LogP contribution is -2.38. The van der Waals surface area contributed by atoms with E-state index in [9.17, 15) is 4.79 Å². The van der Waals surface area contributed by atoms with E-state index in [1.165, 1.54) is 0 Å². The molecule has 0 radical (unpaired) electrons. The second-order valence-corrected chi connectivity index (χ2v) is 3.36. The van der Waals surface area contributed by atoms with Crippen molar-refractivity contribution in [3.63, 3.8) is 0 Å². The van der Waals surface area contributed by atoms with Crippen LogP contribution in [-0.4, -0.2) is 29.5 Å². The molecule has 0 atom stereocenters. The van der Waals surface area contributed by atoms with Crippen LogP contribution in [0.25, 0.3) is 0 Å². The first-order chi connectivity index (χ1) is 6.59. The van der Waals surface area contributed by atoms with E-state index in [0.717, 1.165) is 23.0 Å². The summed E-state index contributed by atoms with van der Waals surface area (Å²) in [5.74, 6) is 1.50. The predicted octanol–water partition coefficient (Wildman–Crippen LogP) is 0.482. The summed E-state index contributed by atoms with van der Waals surface area (Å²) >= 11 is 0. The van der Waals surface area contributed by atoms with E-state index in [2.05, 4.69) is 15.3 Å². The molecular weight excluding hydrogens is 180 g/mol. The molecule has 0 aromatic carbocycles. The monoisotopic (exact) mass is 192 g/mol. The third-order valence-corrected chi connectivity index (χ3v) is 2.29. The Balaban J connectivity index is 2.60. The molecular formula is C9H12N4O. The van der Waals surface area contributed by atoms with Crippen molar-refractivity contribution in [2.75, 3.05) is 23.8 Å². The van der Waals surface area contributed by atoms with Crippen molar-refractivity contribution in [2.24, 2.45) is 0 Å². The second kappa shape index (κ2) is 2.94. The molecule has 14 heavy (non-hydrogen) atoms. The average Bonchev–Trinajstić information content (AvgIpc) is 2.10. The Bertz CT molecular complexity index is 402. The van der Waals surface area contributed by atoms with Crippen LogP contribution in [0.1, 0.15) is 11.5 Å². The number of aryl methyl sites for hydroxylation is 2. The summed E-state index contributed by atoms with van der Waals surface area (Å²) in [6.45, 7) is 4.02. The zero-order valence-corrected chi connectivity index (χ0v) is 8.46. The van der Waals surface area contributed by atoms with Gasteiger partial charge < -0.3 is 10.2 Å². The van der Waals surface area contributed by atoms with Crippen LogP contribution in [-0.2, 0) is 4.79 Å². The number of hydrogen-bond acceptors (Lipinski definition) is 4. The second-order valence-electron chi connectivity index (χ2n) is 3.36. The molecule has 1 N–H and O–H groups in total. The van der Waals surface area contributed by atoms with Crippen molar-refractivity contribution >= 4 is 17.4 Å². The van der Waals surface area contributed by atoms with Gasteiger partial charge in [-0.15, -0.1) is 0 Å². The third kappa shape index (κ3) is 1.21. The normalized spacial score (nSPS) is 15.1. The minimum atomic E-state index is 0.0352. The maximum atomic E-state index is 11.4. The quantitative estimate of drug-likeness (QED) is 0.649. The molecule has 0 saturated heterocycles. The molecule has 0 fully saturated rings. The standard InChI is InChI=1S/C9H12N4O/c1-5-8-9(12-6(2)11-5)10-4-7(14)13(8)3/h4H2,1-3H3,(H,10,11,12). The van der Waals surface area contributed by atoms with Crippen LogP contribution in [0.15, 0.2) is 0 Å². The first kappa shape index (κ1) is 8.93. The molecule has 0 bridgehead atoms. The molecule has 0 spiro atoms. The molecule has 1 amide bonds. The van der Waals surface area contributed by atoms with E-state index < -0.39 is 0 Å². The molecule has 2 heterocycles. The number of likely N-dealkylation sites (N-methyl/N-ethyl adjacent to an activating group) is 1. The SMILES string of the molecule is Cc1nc(C)c2c(n1)NCC(=O)N2C. The van der Waals surface area contributed by atoms with Crippen LogP contribution >= 0.6 is 0 Å². The molecule has 5 heteroatoms. The van der Waals surface area contributed by atoms with Gasteiger partial charge in [0.05, 0.1) is 12.2 Å². The van der Waals surface area contributed by atoms with Crippen LogP contribution in [0.3, 0.4) is 0 Å². The minimum Gasteiger partial charge on any atom is -0.359 e. The van der Waals surface area contributed by atoms with E-state index in [-0.39, 0.29) is 5.91 Å². The average molecular weight is 192 g/mol. The molecule has 1 aliphatic rings. The van der Waals surface area contributed by atoms with Crippen molar-refractivity contribution in [1.82, 2.24) is 9.97 Å². The summed E-state index contributed by atoms with van der Waals surface area (Å²) in [6.07, 6.45) is 0. The van der Waals surface area contributed by atoms with Crippen LogP contribution in [0.5, 0.6) is 0 Å². The molecule has 1 aromatic heterocycles. The summed E-state index contributed by atoms with van der Waals surface area (Å²) in [7, 11) is 1.74. The number of carbonyl (C=O) groups is 1. The van der Waals surface area contributed by atoms with Crippen molar-refractivity contribution in [1.29, 1.82) is 0 Å². The lowest BCUT2D eigenvalue weighted by Gasteiger charge is -2.27. The van der Waals surface area contributed by atoms with E-state index in [1.54, 1.807) is 11.9 Å². The van der Waals surface area contributed by atoms with E-state index in [1.807, 2.05) is 13.8 Å². The number of fused-ring (bicyclic) bond motifs is 1. The van der Waals surface area contributed by atoms with Crippen molar-refractivity contribution in [2.45, 2.75) is 13.8 Å². The molecule has 0 aliphatic carbocycles. The summed E-state index contributed by atoms with van der Waals surface area (Å²) < 4.78 is 0. The van der Waals surface area contributed by atoms with E-state index in [0.29, 0.717) is 6.54 Å². The lowest BCUT2D eigenvalue weighted by atomic mass is 10.2. The van der Waals surface area contributed by atoms with Gasteiger partial charge in [0.1, 0.15) is 11.5 Å². The molecule has 0 saturated carbocycles. The Hall–Kier alpha value is -1.65. The Morgan fingerprint density at radius 1 is 1.36 bits per heavy atom. The third-order valence-electron chi connectivity index (χ3n) is 2.29. The smallest absolute Gasteiger partial charge is 0.246 e. The van der Waals surface area contributed by atoms with Gasteiger partial charge in [-0.25, -0.2) is 9.97 Å². The number of carbonyl (C=O) groups excluding carboxylic acids is 1. The van der Waals surface area contributed by atoms with Gasteiger partial charge in [0.15, 0.2) is 5.82 Å². The highest BCUT2D eigenvalue weighted by Gasteiger charge is 2.24. The van der Waals surface area contributed by atoms with Crippen LogP contribution in [0.4, 0.5) is 11.5 Å². The van der Waals surface area contributed by atoms with Gasteiger partial charge in [-0.3, -0.25) is 4.79 Å². The number of rotatable bonds is 0. The summed E-state index contributed by atoms with van der Waals surface area (Å²) in [4.78, 5) is 21.5. The fraction of sp³-hybridized carbons (Fsp3) is 0.444. The van der Waals surface area contributed by atoms with Gasteiger partial charge in [-0.2, -0.15) is 0 Å². The van der Waals surface area contributed by atoms with Gasteiger partial charge in [0.25, 0.3) is 0 Å². The predicted molar refractivity (Wildman–Crippen MR) is 53.4 cm³/mol. The molecule has 5 nitrogen and oxygen atoms in total. The number of hydrogen-bond donors (Lipinski definition) is 1. The van der Waals surface area contributed by atoms with Gasteiger partial charge in [-0.1, -0.05) is 0 Å². The fourth-order valence-corrected chi connectivity index (χ4v) is 1.63. The topological polar surface area (TPSA) is 58.1 Å². The van der Waals surface area contributed by atoms with Crippen LogP contribution < -0.4 is 10.2 Å². The molecule has 2 rings (SSSR count). The number of anilines is 2. The minimum absolute atomic E-state index is 0.0352. The zero-order chi connectivity index (χ0) is 10.3. The Labute approximate surface area is 82.2 Å². The number of nitrogens with one attached hydrogen (secondary N) is 1. The first-order valence-corrected chi connectivity index (χ1v) is 4.45. The van der Waals surface area contributed by atoms with Crippen LogP contribution in [0, 0.1) is 13.8 Å². The number of amides is 1. The Kier molecular flexibility index (Phi) is 1.87. The van der Waals surface area contributed by atoms with Crippen molar-refractivity contribution < 1.29 is 4.79 Å². The highest BCUT2D eigenvalue weighted by atomic mass is 16.2. The van der Waals surface area contributed by atoms with Crippen molar-refractivity contribution in [3.8, 4) is 0 Å². The number of nitrogens with zero attached hydrogens (tertiary/aromatic N) is 3. The zero-order valence-electron chi connectivity index (χ0n) is 8.46. The van der Waals surface area contributed by atoms with Gasteiger partial charge >= 0.3 is 0 Å². The highest BCUT2D eigenvalue weighted by Crippen LogP contribution is 2.28. The maximum absolute atomic E-state index is 11.4. The summed E-state index contributed by atoms with van der Waals surface area (Å²) in [5.41, 5.74) is 1.61. The van der Waals surface area contributed by atoms with Crippen LogP contribution in [0.2, 0.25) is 0 Å². The van der Waals surface area contributed by atoms with Gasteiger partial charge in [0.2, 0.25) is 5.91 Å². The highest BCUT2D eigenvalue weighted by molar-refractivity contribution is 6.01. The largest absolute Gasteiger partial charge is 0.359 e. The lowest BCUT2D eigenvalue weighted by molar-refractivity contribution is -0.116.